The van der Waals surface area contributed by atoms with Crippen molar-refractivity contribution in [2.45, 2.75) is 152 Å². The molecule has 1 fully saturated rings. The van der Waals surface area contributed by atoms with E-state index in [0.29, 0.717) is 68.9 Å². The molecule has 0 aliphatic carbocycles. The summed E-state index contributed by atoms with van der Waals surface area (Å²) in [6, 6.07) is 34.7. The molecule has 0 atom stereocenters. The van der Waals surface area contributed by atoms with Gasteiger partial charge in [-0.3, -0.25) is 14.7 Å². The summed E-state index contributed by atoms with van der Waals surface area (Å²) in [6.07, 6.45) is 3.40. The Morgan fingerprint density at radius 1 is 0.576 bits per heavy atom. The van der Waals surface area contributed by atoms with Crippen molar-refractivity contribution in [3.05, 3.63) is 118 Å². The van der Waals surface area contributed by atoms with Crippen LogP contribution in [0.3, 0.4) is 0 Å². The Morgan fingerprint density at radius 3 is 1.55 bits per heavy atom. The third-order valence-corrected chi connectivity index (χ3v) is 19.9. The van der Waals surface area contributed by atoms with Gasteiger partial charge >= 0.3 is 37.1 Å². The molecule has 99 heavy (non-hydrogen) atoms. The lowest BCUT2D eigenvalue weighted by Crippen LogP contribution is -2.41. The maximum atomic E-state index is 11.7. The first-order valence-corrected chi connectivity index (χ1v) is 41.9. The van der Waals surface area contributed by atoms with Gasteiger partial charge in [-0.05, 0) is 142 Å². The number of pyridine rings is 2. The van der Waals surface area contributed by atoms with Crippen molar-refractivity contribution < 1.29 is 66.2 Å². The molecule has 24 nitrogen and oxygen atoms in total. The first kappa shape index (κ1) is 80.6. The van der Waals surface area contributed by atoms with Gasteiger partial charge < -0.3 is 51.9 Å². The smallest absolute Gasteiger partial charge is 0.476 e. The minimum atomic E-state index is -1.09. The highest BCUT2D eigenvalue weighted by Gasteiger charge is 2.52. The van der Waals surface area contributed by atoms with E-state index in [0.717, 1.165) is 79.2 Å². The molecular formula is C70H99BBr2N11O13Si2+. The number of benzene rings is 3. The standard InChI is InChI=1S/C21H24N4O4.C17H26BNO5.2C16H24BrN3O2Si/c1-5-28-20-23-18(24-25-20)15-8-6-14(7-9-15)16-10-11-17(22-12-16)29-13-21(2,3)19(26)27-4;1-15(2,14(20)21-7)11-22-13-9-8-12(10-19-13)18-23-16(3,4)17(5,6)24-18;1-5-22-16-18-15(13-6-8-14(17)9-7-13)20(19-16)12-21-10-11-23(2,3)4;1-5-22-16-18-15(13-6-8-14(17)9-7-13)19-20(16)12-21-10-11-23(2,3)4/h6-12H,5,13H2,1-4H3,(H,23,24,25);8-10H,11H2,1-7H3;2*6-9H,5,10-12H2,1-4H3/p+1. The van der Waals surface area contributed by atoms with Crippen LogP contribution in [-0.2, 0) is 51.3 Å². The number of aromatic amines is 2. The summed E-state index contributed by atoms with van der Waals surface area (Å²) >= 11 is 6.89. The topological polar surface area (TPSA) is 266 Å². The van der Waals surface area contributed by atoms with Crippen LogP contribution in [-0.4, -0.2) is 157 Å². The monoisotopic (exact) mass is 1530 g/mol. The number of H-pyrrole nitrogens is 2. The summed E-state index contributed by atoms with van der Waals surface area (Å²) in [5.41, 5.74) is 3.42. The van der Waals surface area contributed by atoms with E-state index in [-0.39, 0.29) is 25.2 Å². The fraction of sp³-hybridized carbons (Fsp3) is 0.486. The molecule has 3 aromatic carbocycles. The van der Waals surface area contributed by atoms with E-state index >= 15 is 0 Å². The first-order chi connectivity index (χ1) is 46.7. The van der Waals surface area contributed by atoms with Gasteiger partial charge in [0.15, 0.2) is 11.6 Å². The molecule has 8 aromatic rings. The van der Waals surface area contributed by atoms with Crippen LogP contribution in [0.15, 0.2) is 118 Å². The molecule has 9 rings (SSSR count). The summed E-state index contributed by atoms with van der Waals surface area (Å²) in [4.78, 5) is 45.3. The fourth-order valence-corrected chi connectivity index (χ4v) is 10.7. The molecule has 0 unspecified atom stereocenters. The Labute approximate surface area is 602 Å². The number of halogens is 2. The van der Waals surface area contributed by atoms with Gasteiger partial charge in [0, 0.05) is 89.5 Å². The lowest BCUT2D eigenvalue weighted by atomic mass is 9.80. The second kappa shape index (κ2) is 36.8. The van der Waals surface area contributed by atoms with Crippen LogP contribution in [0.25, 0.3) is 45.3 Å². The lowest BCUT2D eigenvalue weighted by Gasteiger charge is -2.32. The first-order valence-electron chi connectivity index (χ1n) is 32.9. The Bertz CT molecular complexity index is 3760. The second-order valence-electron chi connectivity index (χ2n) is 27.8. The SMILES string of the molecule is CCOc1n[nH]c(-c2ccc(-c3ccc(OCC(C)(C)C(=O)OC)nc3)cc2)n1.CCOc1nc(-c2ccc(Br)cc2)[nH][n+]1COCC[Si](C)(C)C.CCOc1nc(-c2ccc(Br)cc2)n(COCC[Si](C)(C)C)n1.COC(=O)C(C)(C)COc1ccc(B2OC(C)(C)C(C)(C)O2)cn1. The Kier molecular flexibility index (Phi) is 30.0. The van der Waals surface area contributed by atoms with Crippen molar-refractivity contribution in [3.63, 3.8) is 0 Å². The number of esters is 2. The maximum absolute atomic E-state index is 11.7. The number of methoxy groups -OCH3 is 2. The Balaban J connectivity index is 0.000000209. The number of nitrogens with one attached hydrogen (secondary N) is 2. The van der Waals surface area contributed by atoms with Crippen LogP contribution < -0.4 is 33.8 Å². The molecule has 5 aromatic heterocycles. The number of hydrogen-bond donors (Lipinski definition) is 2. The molecule has 0 saturated carbocycles. The van der Waals surface area contributed by atoms with Crippen LogP contribution in [0.2, 0.25) is 51.4 Å². The van der Waals surface area contributed by atoms with Gasteiger partial charge in [0.2, 0.25) is 18.5 Å². The molecule has 1 aliphatic rings. The van der Waals surface area contributed by atoms with E-state index in [1.54, 1.807) is 56.9 Å². The van der Waals surface area contributed by atoms with Gasteiger partial charge in [-0.15, -0.1) is 10.2 Å². The summed E-state index contributed by atoms with van der Waals surface area (Å²) in [5.74, 6) is 2.42. The molecule has 0 bridgehead atoms. The summed E-state index contributed by atoms with van der Waals surface area (Å²) < 4.78 is 66.3. The van der Waals surface area contributed by atoms with Gasteiger partial charge in [-0.2, -0.15) is 15.1 Å². The van der Waals surface area contributed by atoms with Crippen molar-refractivity contribution in [3.8, 4) is 75.1 Å². The zero-order valence-electron chi connectivity index (χ0n) is 60.8. The third kappa shape index (κ3) is 25.3. The molecule has 1 aliphatic heterocycles. The third-order valence-electron chi connectivity index (χ3n) is 15.4. The van der Waals surface area contributed by atoms with E-state index in [1.165, 1.54) is 14.2 Å². The summed E-state index contributed by atoms with van der Waals surface area (Å²) in [5, 5.41) is 14.5. The van der Waals surface area contributed by atoms with Gasteiger partial charge in [-0.1, -0.05) is 118 Å². The van der Waals surface area contributed by atoms with Crippen molar-refractivity contribution >= 4 is 72.5 Å². The molecule has 6 heterocycles. The van der Waals surface area contributed by atoms with E-state index in [9.17, 15) is 9.59 Å². The number of nitrogens with zero attached hydrogens (tertiary/aromatic N) is 9. The number of ether oxygens (including phenoxy) is 9. The van der Waals surface area contributed by atoms with Crippen molar-refractivity contribution in [2.75, 3.05) is 60.5 Å². The fourth-order valence-electron chi connectivity index (χ4n) is 8.70. The van der Waals surface area contributed by atoms with E-state index in [2.05, 4.69) is 116 Å². The van der Waals surface area contributed by atoms with E-state index in [1.807, 2.05) is 138 Å². The maximum Gasteiger partial charge on any atom is 0.522 e. The number of aromatic nitrogens is 11. The minimum Gasteiger partial charge on any atom is -0.476 e. The predicted molar refractivity (Wildman–Crippen MR) is 394 cm³/mol. The van der Waals surface area contributed by atoms with Crippen molar-refractivity contribution in [1.82, 2.24) is 50.0 Å². The molecular weight excluding hydrogens is 1430 g/mol. The van der Waals surface area contributed by atoms with Gasteiger partial charge in [0.25, 0.3) is 5.82 Å². The van der Waals surface area contributed by atoms with E-state index in [4.69, 9.17) is 51.9 Å². The van der Waals surface area contributed by atoms with Crippen LogP contribution in [0.5, 0.6) is 29.8 Å². The number of carbonyl (C=O) groups excluding carboxylic acids is 2. The van der Waals surface area contributed by atoms with Crippen molar-refractivity contribution in [1.29, 1.82) is 0 Å². The summed E-state index contributed by atoms with van der Waals surface area (Å²) in [6.45, 7) is 39.2. The largest absolute Gasteiger partial charge is 0.522 e. The molecule has 536 valence electrons. The number of hydrogen-bond acceptors (Lipinski definition) is 20. The Hall–Kier alpha value is -7.38. The summed E-state index contributed by atoms with van der Waals surface area (Å²) in [7, 11) is 0.111. The van der Waals surface area contributed by atoms with Crippen LogP contribution in [0.4, 0.5) is 0 Å². The molecule has 0 radical (unpaired) electrons. The van der Waals surface area contributed by atoms with Crippen molar-refractivity contribution in [2.24, 2.45) is 10.8 Å². The highest BCUT2D eigenvalue weighted by Crippen LogP contribution is 2.37. The minimum absolute atomic E-state index is 0.182. The van der Waals surface area contributed by atoms with Gasteiger partial charge in [-0.25, -0.2) is 14.6 Å². The van der Waals surface area contributed by atoms with Crippen LogP contribution in [0, 0.1) is 10.8 Å². The quantitative estimate of drug-likeness (QED) is 0.0191. The van der Waals surface area contributed by atoms with E-state index < -0.39 is 45.3 Å². The van der Waals surface area contributed by atoms with Crippen LogP contribution >= 0.6 is 31.9 Å². The van der Waals surface area contributed by atoms with Crippen LogP contribution in [0.1, 0.15) is 76.2 Å². The van der Waals surface area contributed by atoms with Gasteiger partial charge in [0.1, 0.15) is 19.9 Å². The highest BCUT2D eigenvalue weighted by molar-refractivity contribution is 9.10. The normalized spacial score (nSPS) is 13.4. The zero-order valence-corrected chi connectivity index (χ0v) is 66.0. The van der Waals surface area contributed by atoms with Gasteiger partial charge in [0.05, 0.1) is 56.1 Å². The molecule has 2 N–H and O–H groups in total. The molecule has 1 saturated heterocycles. The number of rotatable bonds is 29. The Morgan fingerprint density at radius 2 is 1.05 bits per heavy atom. The highest BCUT2D eigenvalue weighted by atomic mass is 79.9. The molecule has 29 heteroatoms. The molecule has 0 spiro atoms. The zero-order chi connectivity index (χ0) is 72.8. The predicted octanol–water partition coefficient (Wildman–Crippen LogP) is 13.7. The average molecular weight is 1530 g/mol. The molecule has 0 amide bonds. The number of carbonyl (C=O) groups is 2. The average Bonchev–Trinajstić information content (AvgIpc) is 1.63. The lowest BCUT2D eigenvalue weighted by molar-refractivity contribution is -0.785. The second-order valence-corrected chi connectivity index (χ2v) is 40.9.